The second-order valence-electron chi connectivity index (χ2n) is 5.28. The summed E-state index contributed by atoms with van der Waals surface area (Å²) in [7, 11) is 0. The van der Waals surface area contributed by atoms with Gasteiger partial charge >= 0.3 is 0 Å². The van der Waals surface area contributed by atoms with Crippen LogP contribution in [0.15, 0.2) is 47.2 Å². The van der Waals surface area contributed by atoms with E-state index in [1.165, 1.54) is 0 Å². The highest BCUT2D eigenvalue weighted by Gasteiger charge is 2.19. The summed E-state index contributed by atoms with van der Waals surface area (Å²) >= 11 is 3.41. The molecule has 1 aliphatic rings. The molecule has 2 aromatic rings. The number of piperidine rings is 1. The molecule has 4 nitrogen and oxygen atoms in total. The van der Waals surface area contributed by atoms with Crippen LogP contribution in [-0.2, 0) is 6.54 Å². The van der Waals surface area contributed by atoms with Crippen molar-refractivity contribution in [2.24, 2.45) is 0 Å². The zero-order valence-corrected chi connectivity index (χ0v) is 13.5. The molecule has 0 spiro atoms. The van der Waals surface area contributed by atoms with Crippen LogP contribution in [0.1, 0.15) is 18.5 Å². The monoisotopic (exact) mass is 346 g/mol. The van der Waals surface area contributed by atoms with Crippen LogP contribution in [0.4, 0.5) is 5.82 Å². The van der Waals surface area contributed by atoms with Crippen molar-refractivity contribution < 1.29 is 0 Å². The topological polar surface area (TPSA) is 41.0 Å². The van der Waals surface area contributed by atoms with Gasteiger partial charge in [-0.25, -0.2) is 9.97 Å². The highest BCUT2D eigenvalue weighted by Crippen LogP contribution is 2.17. The van der Waals surface area contributed by atoms with Crippen LogP contribution in [0.3, 0.4) is 0 Å². The summed E-state index contributed by atoms with van der Waals surface area (Å²) < 4.78 is 0.895. The molecule has 1 fully saturated rings. The Morgan fingerprint density at radius 2 is 2.00 bits per heavy atom. The first kappa shape index (κ1) is 14.5. The lowest BCUT2D eigenvalue weighted by Gasteiger charge is -2.33. The standard InChI is InChI=1S/C16H19BrN4/c17-15-5-3-4-14(20-15)12-19-13-7-10-21(11-8-13)16-6-1-2-9-18-16/h1-6,9,13,19H,7-8,10-12H2. The zero-order chi connectivity index (χ0) is 14.5. The normalized spacial score (nSPS) is 16.1. The van der Waals surface area contributed by atoms with Gasteiger partial charge in [0.25, 0.3) is 0 Å². The van der Waals surface area contributed by atoms with Gasteiger partial charge in [-0.2, -0.15) is 0 Å². The molecule has 110 valence electrons. The molecular weight excluding hydrogens is 328 g/mol. The van der Waals surface area contributed by atoms with Crippen LogP contribution < -0.4 is 10.2 Å². The first-order chi connectivity index (χ1) is 10.3. The number of hydrogen-bond donors (Lipinski definition) is 1. The molecule has 2 aromatic heterocycles. The third-order valence-electron chi connectivity index (χ3n) is 3.81. The molecule has 5 heteroatoms. The molecular formula is C16H19BrN4. The SMILES string of the molecule is Brc1cccc(CNC2CCN(c3ccccn3)CC2)n1. The molecule has 0 atom stereocenters. The highest BCUT2D eigenvalue weighted by molar-refractivity contribution is 9.10. The largest absolute Gasteiger partial charge is 0.357 e. The second kappa shape index (κ2) is 7.00. The van der Waals surface area contributed by atoms with E-state index in [0.717, 1.165) is 48.6 Å². The number of pyridine rings is 2. The molecule has 0 aliphatic carbocycles. The van der Waals surface area contributed by atoms with Crippen molar-refractivity contribution in [1.82, 2.24) is 15.3 Å². The van der Waals surface area contributed by atoms with Crippen molar-refractivity contribution in [3.63, 3.8) is 0 Å². The lowest BCUT2D eigenvalue weighted by molar-refractivity contribution is 0.410. The summed E-state index contributed by atoms with van der Waals surface area (Å²) in [6.45, 7) is 2.94. The molecule has 1 N–H and O–H groups in total. The Morgan fingerprint density at radius 3 is 2.71 bits per heavy atom. The summed E-state index contributed by atoms with van der Waals surface area (Å²) in [5.74, 6) is 1.09. The van der Waals surface area contributed by atoms with Crippen molar-refractivity contribution in [3.05, 3.63) is 52.9 Å². The van der Waals surface area contributed by atoms with Gasteiger partial charge in [-0.15, -0.1) is 0 Å². The van der Waals surface area contributed by atoms with Gasteiger partial charge in [-0.1, -0.05) is 12.1 Å². The van der Waals surface area contributed by atoms with Crippen molar-refractivity contribution in [1.29, 1.82) is 0 Å². The average molecular weight is 347 g/mol. The van der Waals surface area contributed by atoms with E-state index in [1.807, 2.05) is 30.5 Å². The Hall–Kier alpha value is -1.46. The van der Waals surface area contributed by atoms with E-state index in [1.54, 1.807) is 0 Å². The van der Waals surface area contributed by atoms with Crippen molar-refractivity contribution >= 4 is 21.7 Å². The number of anilines is 1. The van der Waals surface area contributed by atoms with E-state index < -0.39 is 0 Å². The second-order valence-corrected chi connectivity index (χ2v) is 6.09. The van der Waals surface area contributed by atoms with Crippen LogP contribution in [0, 0.1) is 0 Å². The van der Waals surface area contributed by atoms with Gasteiger partial charge in [0.2, 0.25) is 0 Å². The van der Waals surface area contributed by atoms with Gasteiger partial charge in [0.1, 0.15) is 10.4 Å². The van der Waals surface area contributed by atoms with E-state index in [2.05, 4.69) is 48.2 Å². The van der Waals surface area contributed by atoms with Crippen LogP contribution in [0.2, 0.25) is 0 Å². The maximum absolute atomic E-state index is 4.45. The van der Waals surface area contributed by atoms with E-state index >= 15 is 0 Å². The van der Waals surface area contributed by atoms with Gasteiger partial charge in [0.15, 0.2) is 0 Å². The number of halogens is 1. The fraction of sp³-hybridized carbons (Fsp3) is 0.375. The first-order valence-corrected chi connectivity index (χ1v) is 8.11. The quantitative estimate of drug-likeness (QED) is 0.864. The van der Waals surface area contributed by atoms with Crippen LogP contribution in [0.5, 0.6) is 0 Å². The minimum Gasteiger partial charge on any atom is -0.357 e. The minimum absolute atomic E-state index is 0.561. The molecule has 0 unspecified atom stereocenters. The van der Waals surface area contributed by atoms with Gasteiger partial charge in [0.05, 0.1) is 5.69 Å². The predicted molar refractivity (Wildman–Crippen MR) is 88.2 cm³/mol. The molecule has 1 aliphatic heterocycles. The molecule has 3 heterocycles. The predicted octanol–water partition coefficient (Wildman–Crippen LogP) is 3.00. The van der Waals surface area contributed by atoms with Crippen molar-refractivity contribution in [3.8, 4) is 0 Å². The first-order valence-electron chi connectivity index (χ1n) is 7.32. The molecule has 0 amide bonds. The molecule has 0 saturated carbocycles. The molecule has 0 bridgehead atoms. The number of aromatic nitrogens is 2. The Kier molecular flexibility index (Phi) is 4.83. The maximum Gasteiger partial charge on any atom is 0.128 e. The van der Waals surface area contributed by atoms with E-state index in [0.29, 0.717) is 6.04 Å². The molecule has 0 aromatic carbocycles. The number of rotatable bonds is 4. The Morgan fingerprint density at radius 1 is 1.14 bits per heavy atom. The van der Waals surface area contributed by atoms with Gasteiger partial charge in [0, 0.05) is 31.9 Å². The van der Waals surface area contributed by atoms with Gasteiger partial charge in [-0.05, 0) is 53.0 Å². The van der Waals surface area contributed by atoms with E-state index in [4.69, 9.17) is 0 Å². The molecule has 21 heavy (non-hydrogen) atoms. The zero-order valence-electron chi connectivity index (χ0n) is 11.9. The maximum atomic E-state index is 4.45. The van der Waals surface area contributed by atoms with Crippen molar-refractivity contribution in [2.45, 2.75) is 25.4 Å². The summed E-state index contributed by atoms with van der Waals surface area (Å²) in [6.07, 6.45) is 4.15. The number of nitrogens with one attached hydrogen (secondary N) is 1. The fourth-order valence-electron chi connectivity index (χ4n) is 2.65. The Balaban J connectivity index is 1.48. The lowest BCUT2D eigenvalue weighted by Crippen LogP contribution is -2.42. The minimum atomic E-state index is 0.561. The molecule has 3 rings (SSSR count). The Labute approximate surface area is 133 Å². The fourth-order valence-corrected chi connectivity index (χ4v) is 3.03. The summed E-state index contributed by atoms with van der Waals surface area (Å²) in [5, 5.41) is 3.61. The summed E-state index contributed by atoms with van der Waals surface area (Å²) in [4.78, 5) is 11.2. The lowest BCUT2D eigenvalue weighted by atomic mass is 10.0. The van der Waals surface area contributed by atoms with Crippen LogP contribution in [0.25, 0.3) is 0 Å². The highest BCUT2D eigenvalue weighted by atomic mass is 79.9. The van der Waals surface area contributed by atoms with E-state index in [9.17, 15) is 0 Å². The van der Waals surface area contributed by atoms with Gasteiger partial charge < -0.3 is 10.2 Å². The molecule has 0 radical (unpaired) electrons. The summed E-state index contributed by atoms with van der Waals surface area (Å²) in [5.41, 5.74) is 1.08. The number of nitrogens with zero attached hydrogens (tertiary/aromatic N) is 3. The van der Waals surface area contributed by atoms with Gasteiger partial charge in [-0.3, -0.25) is 0 Å². The molecule has 1 saturated heterocycles. The van der Waals surface area contributed by atoms with Crippen LogP contribution >= 0.6 is 15.9 Å². The summed E-state index contributed by atoms with van der Waals surface area (Å²) in [6, 6.07) is 12.7. The van der Waals surface area contributed by atoms with Crippen LogP contribution in [-0.4, -0.2) is 29.1 Å². The third kappa shape index (κ3) is 4.02. The van der Waals surface area contributed by atoms with Crippen molar-refractivity contribution in [2.75, 3.05) is 18.0 Å². The third-order valence-corrected chi connectivity index (χ3v) is 4.25. The Bertz CT molecular complexity index is 567. The van der Waals surface area contributed by atoms with E-state index in [-0.39, 0.29) is 0 Å². The number of hydrogen-bond acceptors (Lipinski definition) is 4. The smallest absolute Gasteiger partial charge is 0.128 e. The average Bonchev–Trinajstić information content (AvgIpc) is 2.54.